The molecule has 0 aromatic heterocycles. The third-order valence-electron chi connectivity index (χ3n) is 0.689. The normalized spacial score (nSPS) is 8.18. The van der Waals surface area contributed by atoms with Crippen molar-refractivity contribution in [3.63, 3.8) is 0 Å². The number of amides is 2. The molecule has 0 aromatic carbocycles. The van der Waals surface area contributed by atoms with Crippen molar-refractivity contribution in [2.75, 3.05) is 0 Å². The van der Waals surface area contributed by atoms with Gasteiger partial charge in [0.1, 0.15) is 0 Å². The minimum atomic E-state index is -0.424. The lowest BCUT2D eigenvalue weighted by molar-refractivity contribution is -0.118. The van der Waals surface area contributed by atoms with Gasteiger partial charge in [0, 0.05) is 13.8 Å². The third kappa shape index (κ3) is 4.89. The lowest BCUT2D eigenvalue weighted by Crippen LogP contribution is -2.41. The van der Waals surface area contributed by atoms with Crippen LogP contribution in [0.2, 0.25) is 0 Å². The van der Waals surface area contributed by atoms with Gasteiger partial charge in [-0.2, -0.15) is 0 Å². The largest absolute Gasteiger partial charge is 0.408 e. The molecule has 0 spiro atoms. The Morgan fingerprint density at radius 3 is 1.73 bits per heavy atom. The van der Waals surface area contributed by atoms with Crippen molar-refractivity contribution in [3.8, 4) is 0 Å². The number of carbonyl (C=O) groups excluding carboxylic acids is 2. The van der Waals surface area contributed by atoms with Crippen LogP contribution in [-0.4, -0.2) is 23.0 Å². The van der Waals surface area contributed by atoms with Crippen molar-refractivity contribution in [1.82, 2.24) is 10.6 Å². The highest BCUT2D eigenvalue weighted by atomic mass is 16.4. The predicted molar refractivity (Wildman–Crippen MR) is 36.9 cm³/mol. The molecule has 62 valence electrons. The topological polar surface area (TPSA) is 90.8 Å². The Labute approximate surface area is 63.3 Å². The second-order valence-electron chi connectivity index (χ2n) is 1.81. The van der Waals surface area contributed by atoms with Crippen LogP contribution in [0.3, 0.4) is 0 Å². The second-order valence-corrected chi connectivity index (χ2v) is 1.81. The average molecular weight is 159 g/mol. The van der Waals surface area contributed by atoms with Crippen molar-refractivity contribution in [3.05, 3.63) is 0 Å². The van der Waals surface area contributed by atoms with E-state index in [-0.39, 0.29) is 5.96 Å². The molecule has 0 rings (SSSR count). The Morgan fingerprint density at radius 2 is 1.55 bits per heavy atom. The van der Waals surface area contributed by atoms with E-state index >= 15 is 0 Å². The molecule has 0 atom stereocenters. The van der Waals surface area contributed by atoms with E-state index < -0.39 is 11.8 Å². The molecule has 0 fully saturated rings. The molecule has 0 radical (unpaired) electrons. The smallest absolute Gasteiger partial charge is 0.246 e. The van der Waals surface area contributed by atoms with Gasteiger partial charge in [-0.15, -0.1) is 0 Å². The predicted octanol–water partition coefficient (Wildman–Crippen LogP) is -0.996. The highest BCUT2D eigenvalue weighted by molar-refractivity contribution is 6.03. The van der Waals surface area contributed by atoms with Gasteiger partial charge < -0.3 is 5.21 Å². The molecule has 2 amide bonds. The van der Waals surface area contributed by atoms with Gasteiger partial charge >= 0.3 is 0 Å². The molecule has 0 aromatic rings. The molecule has 0 bridgehead atoms. The molecule has 0 aliphatic heterocycles. The number of hydrogen-bond acceptors (Lipinski definition) is 4. The number of nitrogens with one attached hydrogen (secondary N) is 2. The highest BCUT2D eigenvalue weighted by Gasteiger charge is 2.02. The van der Waals surface area contributed by atoms with E-state index in [0.29, 0.717) is 0 Å². The molecule has 0 saturated carbocycles. The maximum Gasteiger partial charge on any atom is 0.246 e. The number of oxime groups is 1. The van der Waals surface area contributed by atoms with E-state index in [1.54, 1.807) is 0 Å². The van der Waals surface area contributed by atoms with Crippen molar-refractivity contribution in [2.24, 2.45) is 5.16 Å². The van der Waals surface area contributed by atoms with Crippen LogP contribution >= 0.6 is 0 Å². The first-order valence-electron chi connectivity index (χ1n) is 2.83. The second kappa shape index (κ2) is 4.26. The number of rotatable bonds is 0. The van der Waals surface area contributed by atoms with Gasteiger partial charge in [0.15, 0.2) is 0 Å². The quantitative estimate of drug-likeness (QED) is 0.183. The summed E-state index contributed by atoms with van der Waals surface area (Å²) in [5.41, 5.74) is 0. The van der Waals surface area contributed by atoms with Gasteiger partial charge in [0.05, 0.1) is 0 Å². The summed E-state index contributed by atoms with van der Waals surface area (Å²) < 4.78 is 0. The third-order valence-corrected chi connectivity index (χ3v) is 0.689. The van der Waals surface area contributed by atoms with Crippen LogP contribution in [0.5, 0.6) is 0 Å². The summed E-state index contributed by atoms with van der Waals surface area (Å²) >= 11 is 0. The highest BCUT2D eigenvalue weighted by Crippen LogP contribution is 1.68. The summed E-state index contributed by atoms with van der Waals surface area (Å²) in [6.07, 6.45) is 0. The lowest BCUT2D eigenvalue weighted by Gasteiger charge is -2.02. The summed E-state index contributed by atoms with van der Waals surface area (Å²) in [4.78, 5) is 20.7. The molecular formula is C5H9N3O3. The van der Waals surface area contributed by atoms with Crippen LogP contribution in [0.15, 0.2) is 5.16 Å². The van der Waals surface area contributed by atoms with Crippen LogP contribution in [-0.2, 0) is 9.59 Å². The van der Waals surface area contributed by atoms with Crippen LogP contribution in [0, 0.1) is 0 Å². The molecule has 0 saturated heterocycles. The fourth-order valence-electron chi connectivity index (χ4n) is 0.415. The molecule has 3 N–H and O–H groups in total. The zero-order valence-corrected chi connectivity index (χ0v) is 6.21. The first-order valence-corrected chi connectivity index (χ1v) is 2.83. The Morgan fingerprint density at radius 1 is 1.18 bits per heavy atom. The SMILES string of the molecule is CC(=O)NC(=NO)NC(C)=O. The first-order chi connectivity index (χ1) is 5.06. The monoisotopic (exact) mass is 159 g/mol. The summed E-state index contributed by atoms with van der Waals surface area (Å²) in [6, 6.07) is 0. The fraction of sp³-hybridized carbons (Fsp3) is 0.400. The van der Waals surface area contributed by atoms with Crippen molar-refractivity contribution >= 4 is 17.8 Å². The average Bonchev–Trinajstić information content (AvgIpc) is 1.84. The van der Waals surface area contributed by atoms with E-state index in [9.17, 15) is 9.59 Å². The molecular weight excluding hydrogens is 150 g/mol. The minimum absolute atomic E-state index is 0.273. The number of hydrogen-bond donors (Lipinski definition) is 3. The molecule has 6 nitrogen and oxygen atoms in total. The summed E-state index contributed by atoms with van der Waals surface area (Å²) in [5, 5.41) is 15.0. The Kier molecular flexibility index (Phi) is 3.65. The summed E-state index contributed by atoms with van der Waals surface area (Å²) in [7, 11) is 0. The summed E-state index contributed by atoms with van der Waals surface area (Å²) in [5.74, 6) is -1.12. The van der Waals surface area contributed by atoms with Crippen LogP contribution in [0.4, 0.5) is 0 Å². The summed E-state index contributed by atoms with van der Waals surface area (Å²) in [6.45, 7) is 2.46. The van der Waals surface area contributed by atoms with Gasteiger partial charge in [0.2, 0.25) is 17.8 Å². The van der Waals surface area contributed by atoms with E-state index in [2.05, 4.69) is 15.8 Å². The van der Waals surface area contributed by atoms with Gasteiger partial charge in [-0.3, -0.25) is 20.2 Å². The molecule has 11 heavy (non-hydrogen) atoms. The Hall–Kier alpha value is -1.59. The van der Waals surface area contributed by atoms with Crippen LogP contribution < -0.4 is 10.6 Å². The zero-order chi connectivity index (χ0) is 8.85. The molecule has 6 heteroatoms. The fourth-order valence-corrected chi connectivity index (χ4v) is 0.415. The number of guanidine groups is 1. The van der Waals surface area contributed by atoms with Crippen molar-refractivity contribution in [2.45, 2.75) is 13.8 Å². The van der Waals surface area contributed by atoms with Crippen molar-refractivity contribution < 1.29 is 14.8 Å². The van der Waals surface area contributed by atoms with Crippen LogP contribution in [0.25, 0.3) is 0 Å². The molecule has 0 unspecified atom stereocenters. The Bertz CT molecular complexity index is 181. The van der Waals surface area contributed by atoms with E-state index in [1.165, 1.54) is 13.8 Å². The van der Waals surface area contributed by atoms with E-state index in [0.717, 1.165) is 0 Å². The maximum atomic E-state index is 10.3. The van der Waals surface area contributed by atoms with Crippen molar-refractivity contribution in [1.29, 1.82) is 0 Å². The minimum Gasteiger partial charge on any atom is -0.408 e. The Balaban J connectivity index is 3.99. The van der Waals surface area contributed by atoms with Gasteiger partial charge in [0.25, 0.3) is 0 Å². The first kappa shape index (κ1) is 9.41. The van der Waals surface area contributed by atoms with E-state index in [1.807, 2.05) is 0 Å². The standard InChI is InChI=1S/C5H9N3O3/c1-3(9)6-5(8-11)7-4(2)10/h11H,1-2H3,(H2,6,7,8,9,10). The molecule has 0 heterocycles. The van der Waals surface area contributed by atoms with Crippen LogP contribution in [0.1, 0.15) is 13.8 Å². The van der Waals surface area contributed by atoms with Gasteiger partial charge in [-0.05, 0) is 0 Å². The lowest BCUT2D eigenvalue weighted by atomic mass is 10.6. The molecule has 0 aliphatic carbocycles. The van der Waals surface area contributed by atoms with Gasteiger partial charge in [-0.25, -0.2) is 0 Å². The van der Waals surface area contributed by atoms with Gasteiger partial charge in [-0.1, -0.05) is 5.16 Å². The number of nitrogens with zero attached hydrogens (tertiary/aromatic N) is 1. The molecule has 0 aliphatic rings. The zero-order valence-electron chi connectivity index (χ0n) is 6.21. The maximum absolute atomic E-state index is 10.3. The number of carbonyl (C=O) groups is 2. The van der Waals surface area contributed by atoms with E-state index in [4.69, 9.17) is 5.21 Å².